The average molecular weight is 407 g/mol. The lowest BCUT2D eigenvalue weighted by atomic mass is 10.1. The van der Waals surface area contributed by atoms with Crippen LogP contribution in [0.3, 0.4) is 0 Å². The lowest BCUT2D eigenvalue weighted by Gasteiger charge is -2.29. The molecule has 1 amide bonds. The second-order valence-corrected chi connectivity index (χ2v) is 8.01. The number of methoxy groups -OCH3 is 1. The van der Waals surface area contributed by atoms with E-state index in [1.807, 2.05) is 0 Å². The van der Waals surface area contributed by atoms with Crippen LogP contribution in [0.2, 0.25) is 0 Å². The third kappa shape index (κ3) is 4.58. The monoisotopic (exact) mass is 407 g/mol. The second-order valence-electron chi connectivity index (χ2n) is 6.15. The minimum Gasteiger partial charge on any atom is -0.495 e. The molecule has 1 atom stereocenters. The van der Waals surface area contributed by atoms with Crippen molar-refractivity contribution in [2.24, 2.45) is 0 Å². The molecule has 0 unspecified atom stereocenters. The molecule has 0 aliphatic heterocycles. The van der Waals surface area contributed by atoms with Gasteiger partial charge in [0.1, 0.15) is 11.8 Å². The number of hydrogen-bond acceptors (Lipinski definition) is 6. The van der Waals surface area contributed by atoms with E-state index in [9.17, 15) is 23.3 Å². The van der Waals surface area contributed by atoms with Gasteiger partial charge in [0.15, 0.2) is 0 Å². The Morgan fingerprint density at radius 3 is 2.46 bits per heavy atom. The van der Waals surface area contributed by atoms with Crippen LogP contribution in [0.5, 0.6) is 5.75 Å². The molecule has 0 aliphatic carbocycles. The van der Waals surface area contributed by atoms with E-state index in [0.717, 1.165) is 16.6 Å². The highest BCUT2D eigenvalue weighted by Gasteiger charge is 2.31. The van der Waals surface area contributed by atoms with Crippen molar-refractivity contribution < 1.29 is 22.9 Å². The van der Waals surface area contributed by atoms with Crippen molar-refractivity contribution in [3.8, 4) is 5.75 Å². The molecule has 0 aromatic heterocycles. The molecule has 0 radical (unpaired) electrons. The number of non-ortho nitro benzene ring substituents is 1. The quantitative estimate of drug-likeness (QED) is 0.557. The molecule has 0 aliphatic rings. The fraction of sp³-hybridized carbons (Fsp3) is 0.278. The molecule has 2 rings (SSSR count). The van der Waals surface area contributed by atoms with Gasteiger partial charge < -0.3 is 10.1 Å². The lowest BCUT2D eigenvalue weighted by Crippen LogP contribution is -2.45. The Balaban J connectivity index is 2.45. The number of carbonyl (C=O) groups excluding carboxylic acids is 1. The van der Waals surface area contributed by atoms with Crippen LogP contribution in [-0.4, -0.2) is 38.7 Å². The number of para-hydroxylation sites is 2. The Kier molecular flexibility index (Phi) is 6.24. The van der Waals surface area contributed by atoms with Crippen molar-refractivity contribution in [1.29, 1.82) is 0 Å². The third-order valence-electron chi connectivity index (χ3n) is 4.09. The van der Waals surface area contributed by atoms with Gasteiger partial charge in [-0.15, -0.1) is 0 Å². The predicted octanol–water partition coefficient (Wildman–Crippen LogP) is 2.71. The number of rotatable bonds is 7. The van der Waals surface area contributed by atoms with E-state index in [0.29, 0.717) is 17.0 Å². The van der Waals surface area contributed by atoms with E-state index >= 15 is 0 Å². The molecule has 0 bridgehead atoms. The molecule has 2 aromatic carbocycles. The molecular formula is C18H21N3O6S. The van der Waals surface area contributed by atoms with Gasteiger partial charge in [-0.1, -0.05) is 18.2 Å². The minimum atomic E-state index is -3.92. The molecule has 150 valence electrons. The van der Waals surface area contributed by atoms with Crippen LogP contribution >= 0.6 is 0 Å². The van der Waals surface area contributed by atoms with Crippen LogP contribution in [-0.2, 0) is 14.8 Å². The minimum absolute atomic E-state index is 0.0689. The van der Waals surface area contributed by atoms with Crippen molar-refractivity contribution in [2.75, 3.05) is 23.0 Å². The molecule has 2 aromatic rings. The van der Waals surface area contributed by atoms with Crippen LogP contribution in [0, 0.1) is 17.0 Å². The number of hydrogen-bond donors (Lipinski definition) is 1. The third-order valence-corrected chi connectivity index (χ3v) is 5.32. The van der Waals surface area contributed by atoms with Crippen LogP contribution in [0.15, 0.2) is 42.5 Å². The van der Waals surface area contributed by atoms with Crippen molar-refractivity contribution in [2.45, 2.75) is 19.9 Å². The van der Waals surface area contributed by atoms with E-state index in [4.69, 9.17) is 4.74 Å². The van der Waals surface area contributed by atoms with E-state index < -0.39 is 26.9 Å². The van der Waals surface area contributed by atoms with Gasteiger partial charge in [0.2, 0.25) is 15.9 Å². The first-order chi connectivity index (χ1) is 13.1. The maximum Gasteiger partial charge on any atom is 0.271 e. The highest BCUT2D eigenvalue weighted by molar-refractivity contribution is 7.92. The first-order valence-electron chi connectivity index (χ1n) is 8.24. The number of benzene rings is 2. The molecule has 28 heavy (non-hydrogen) atoms. The van der Waals surface area contributed by atoms with Gasteiger partial charge in [0, 0.05) is 12.1 Å². The largest absolute Gasteiger partial charge is 0.495 e. The van der Waals surface area contributed by atoms with Crippen molar-refractivity contribution in [3.05, 3.63) is 58.1 Å². The summed E-state index contributed by atoms with van der Waals surface area (Å²) < 4.78 is 30.9. The van der Waals surface area contributed by atoms with Gasteiger partial charge in [0.05, 0.1) is 29.7 Å². The highest BCUT2D eigenvalue weighted by Crippen LogP contribution is 2.30. The maximum atomic E-state index is 12.8. The lowest BCUT2D eigenvalue weighted by molar-refractivity contribution is -0.384. The number of sulfonamides is 1. The van der Waals surface area contributed by atoms with E-state index in [2.05, 4.69) is 5.32 Å². The normalized spacial score (nSPS) is 12.1. The summed E-state index contributed by atoms with van der Waals surface area (Å²) in [5, 5.41) is 13.7. The van der Waals surface area contributed by atoms with Gasteiger partial charge in [-0.05, 0) is 31.5 Å². The van der Waals surface area contributed by atoms with Gasteiger partial charge in [0.25, 0.3) is 5.69 Å². The van der Waals surface area contributed by atoms with Gasteiger partial charge >= 0.3 is 0 Å². The number of ether oxygens (including phenoxy) is 1. The summed E-state index contributed by atoms with van der Waals surface area (Å²) in [4.78, 5) is 23.2. The number of amides is 1. The Bertz CT molecular complexity index is 1010. The van der Waals surface area contributed by atoms with Crippen molar-refractivity contribution >= 4 is 33.0 Å². The zero-order chi connectivity index (χ0) is 21.1. The fourth-order valence-corrected chi connectivity index (χ4v) is 3.94. The summed E-state index contributed by atoms with van der Waals surface area (Å²) in [5.41, 5.74) is 0.657. The van der Waals surface area contributed by atoms with Gasteiger partial charge in [-0.3, -0.25) is 19.2 Å². The molecular weight excluding hydrogens is 386 g/mol. The number of carbonyl (C=O) groups is 1. The predicted molar refractivity (Wildman–Crippen MR) is 106 cm³/mol. The smallest absolute Gasteiger partial charge is 0.271 e. The van der Waals surface area contributed by atoms with Crippen LogP contribution in [0.4, 0.5) is 17.1 Å². The van der Waals surface area contributed by atoms with Crippen LogP contribution < -0.4 is 14.4 Å². The van der Waals surface area contributed by atoms with Gasteiger partial charge in [-0.25, -0.2) is 8.42 Å². The average Bonchev–Trinajstić information content (AvgIpc) is 2.62. The highest BCUT2D eigenvalue weighted by atomic mass is 32.2. The molecule has 1 N–H and O–H groups in total. The zero-order valence-corrected chi connectivity index (χ0v) is 16.7. The Morgan fingerprint density at radius 2 is 1.89 bits per heavy atom. The van der Waals surface area contributed by atoms with E-state index in [1.165, 1.54) is 26.2 Å². The molecule has 0 saturated carbocycles. The maximum absolute atomic E-state index is 12.8. The van der Waals surface area contributed by atoms with E-state index in [1.54, 1.807) is 31.2 Å². The van der Waals surface area contributed by atoms with Gasteiger partial charge in [-0.2, -0.15) is 0 Å². The number of anilines is 2. The first kappa shape index (κ1) is 21.2. The summed E-state index contributed by atoms with van der Waals surface area (Å²) in [5.74, 6) is -0.193. The number of aryl methyl sites for hydroxylation is 1. The van der Waals surface area contributed by atoms with Crippen molar-refractivity contribution in [1.82, 2.24) is 0 Å². The summed E-state index contributed by atoms with van der Waals surface area (Å²) in [6, 6.07) is 9.39. The molecule has 0 fully saturated rings. The fourth-order valence-electron chi connectivity index (χ4n) is 2.71. The summed E-state index contributed by atoms with van der Waals surface area (Å²) in [6.45, 7) is 3.02. The molecule has 9 nitrogen and oxygen atoms in total. The number of nitrogens with zero attached hydrogens (tertiary/aromatic N) is 2. The first-order valence-corrected chi connectivity index (χ1v) is 10.1. The summed E-state index contributed by atoms with van der Waals surface area (Å²) >= 11 is 0. The van der Waals surface area contributed by atoms with E-state index in [-0.39, 0.29) is 11.4 Å². The summed E-state index contributed by atoms with van der Waals surface area (Å²) in [6.07, 6.45) is 0.943. The Morgan fingerprint density at radius 1 is 1.25 bits per heavy atom. The number of nitro groups is 1. The Labute approximate surface area is 163 Å². The molecule has 0 saturated heterocycles. The Hall–Kier alpha value is -3.14. The molecule has 10 heteroatoms. The van der Waals surface area contributed by atoms with Crippen LogP contribution in [0.1, 0.15) is 12.5 Å². The number of nitro benzene ring substituents is 1. The SMILES string of the molecule is COc1ccccc1NC(=O)[C@@H](C)N(c1cc([N+](=O)[O-])ccc1C)S(C)(=O)=O. The standard InChI is InChI=1S/C18H21N3O6S/c1-12-9-10-14(21(23)24)11-16(12)20(28(4,25)26)13(2)18(22)19-15-7-5-6-8-17(15)27-3/h5-11,13H,1-4H3,(H,19,22)/t13-/m1/s1. The second kappa shape index (κ2) is 8.26. The summed E-state index contributed by atoms with van der Waals surface area (Å²) in [7, 11) is -2.47. The van der Waals surface area contributed by atoms with Crippen LogP contribution in [0.25, 0.3) is 0 Å². The molecule has 0 heterocycles. The number of nitrogens with one attached hydrogen (secondary N) is 1. The topological polar surface area (TPSA) is 119 Å². The molecule has 0 spiro atoms. The zero-order valence-electron chi connectivity index (χ0n) is 15.9. The van der Waals surface area contributed by atoms with Crippen molar-refractivity contribution in [3.63, 3.8) is 0 Å².